The molecule has 0 saturated carbocycles. The molecule has 2 aromatic rings. The van der Waals surface area contributed by atoms with E-state index in [1.165, 1.54) is 30.3 Å². The highest BCUT2D eigenvalue weighted by atomic mass is 35.5. The van der Waals surface area contributed by atoms with Gasteiger partial charge in [0.2, 0.25) is 0 Å². The molecule has 0 aliphatic carbocycles. The van der Waals surface area contributed by atoms with Crippen molar-refractivity contribution in [3.63, 3.8) is 0 Å². The minimum Gasteiger partial charge on any atom is -0.452 e. The predicted molar refractivity (Wildman–Crippen MR) is 103 cm³/mol. The number of aryl methyl sites for hydroxylation is 1. The van der Waals surface area contributed by atoms with Gasteiger partial charge >= 0.3 is 5.97 Å². The fourth-order valence-electron chi connectivity index (χ4n) is 2.00. The Balaban J connectivity index is 1.89. The van der Waals surface area contributed by atoms with Crippen molar-refractivity contribution in [3.8, 4) is 0 Å². The number of hydrogen-bond acceptors (Lipinski definition) is 5. The monoisotopic (exact) mass is 408 g/mol. The number of benzene rings is 2. The van der Waals surface area contributed by atoms with E-state index in [1.54, 1.807) is 19.1 Å². The van der Waals surface area contributed by atoms with Crippen molar-refractivity contribution in [1.29, 1.82) is 0 Å². The molecular formula is C18H14Cl2N2O5. The Hall–Kier alpha value is -2.90. The number of non-ortho nitro benzene ring substituents is 1. The van der Waals surface area contributed by atoms with Crippen molar-refractivity contribution in [2.75, 3.05) is 11.9 Å². The molecule has 27 heavy (non-hydrogen) atoms. The van der Waals surface area contributed by atoms with Gasteiger partial charge in [0.15, 0.2) is 6.61 Å². The first kappa shape index (κ1) is 20.4. The van der Waals surface area contributed by atoms with Gasteiger partial charge in [-0.3, -0.25) is 14.9 Å². The van der Waals surface area contributed by atoms with Crippen LogP contribution in [0, 0.1) is 17.0 Å². The van der Waals surface area contributed by atoms with Crippen LogP contribution in [0.2, 0.25) is 10.0 Å². The van der Waals surface area contributed by atoms with E-state index in [1.807, 2.05) is 0 Å². The molecule has 1 amide bonds. The highest BCUT2D eigenvalue weighted by Crippen LogP contribution is 2.32. The van der Waals surface area contributed by atoms with Gasteiger partial charge in [0.1, 0.15) is 0 Å². The van der Waals surface area contributed by atoms with E-state index in [0.717, 1.165) is 11.6 Å². The van der Waals surface area contributed by atoms with Gasteiger partial charge in [-0.05, 0) is 42.3 Å². The van der Waals surface area contributed by atoms with Crippen LogP contribution in [-0.4, -0.2) is 23.4 Å². The lowest BCUT2D eigenvalue weighted by atomic mass is 10.2. The molecule has 0 unspecified atom stereocenters. The summed E-state index contributed by atoms with van der Waals surface area (Å²) in [6.45, 7) is 1.24. The van der Waals surface area contributed by atoms with Crippen LogP contribution in [0.25, 0.3) is 6.08 Å². The normalized spacial score (nSPS) is 10.6. The summed E-state index contributed by atoms with van der Waals surface area (Å²) in [6, 6.07) is 8.90. The second-order valence-corrected chi connectivity index (χ2v) is 6.18. The second-order valence-electron chi connectivity index (χ2n) is 5.39. The summed E-state index contributed by atoms with van der Waals surface area (Å²) in [4.78, 5) is 33.7. The van der Waals surface area contributed by atoms with Crippen molar-refractivity contribution in [2.45, 2.75) is 6.92 Å². The number of nitro groups is 1. The lowest BCUT2D eigenvalue weighted by Gasteiger charge is -2.11. The molecule has 0 fully saturated rings. The summed E-state index contributed by atoms with van der Waals surface area (Å²) in [5.74, 6) is -1.34. The van der Waals surface area contributed by atoms with Crippen LogP contribution in [0.3, 0.4) is 0 Å². The van der Waals surface area contributed by atoms with Gasteiger partial charge in [-0.15, -0.1) is 0 Å². The maximum Gasteiger partial charge on any atom is 0.331 e. The summed E-state index contributed by atoms with van der Waals surface area (Å²) >= 11 is 12.1. The third-order valence-electron chi connectivity index (χ3n) is 3.41. The maximum absolute atomic E-state index is 11.9. The van der Waals surface area contributed by atoms with E-state index in [0.29, 0.717) is 10.6 Å². The second kappa shape index (κ2) is 9.16. The summed E-state index contributed by atoms with van der Waals surface area (Å²) in [5, 5.41) is 13.6. The molecule has 0 bridgehead atoms. The number of nitro benzene ring substituents is 1. The molecule has 2 rings (SSSR count). The van der Waals surface area contributed by atoms with E-state index in [2.05, 4.69) is 5.32 Å². The zero-order valence-electron chi connectivity index (χ0n) is 14.1. The first-order valence-corrected chi connectivity index (χ1v) is 8.37. The summed E-state index contributed by atoms with van der Waals surface area (Å²) < 4.78 is 4.84. The predicted octanol–water partition coefficient (Wildman–Crippen LogP) is 4.41. The van der Waals surface area contributed by atoms with Crippen molar-refractivity contribution >= 4 is 52.5 Å². The molecule has 0 saturated heterocycles. The summed E-state index contributed by atoms with van der Waals surface area (Å²) in [7, 11) is 0. The number of ether oxygens (including phenoxy) is 1. The molecular weight excluding hydrogens is 395 g/mol. The smallest absolute Gasteiger partial charge is 0.331 e. The number of nitrogens with zero attached hydrogens (tertiary/aromatic N) is 1. The highest BCUT2D eigenvalue weighted by molar-refractivity contribution is 6.40. The average Bonchev–Trinajstić information content (AvgIpc) is 2.65. The van der Waals surface area contributed by atoms with Crippen LogP contribution in [0.15, 0.2) is 42.5 Å². The quantitative estimate of drug-likeness (QED) is 0.330. The molecule has 0 spiro atoms. The number of carbonyl (C=O) groups excluding carboxylic acids is 2. The fourth-order valence-corrected chi connectivity index (χ4v) is 2.47. The molecule has 0 radical (unpaired) electrons. The fraction of sp³-hybridized carbons (Fsp3) is 0.111. The molecule has 0 aromatic heterocycles. The van der Waals surface area contributed by atoms with E-state index < -0.39 is 23.4 Å². The molecule has 2 aromatic carbocycles. The Morgan fingerprint density at radius 2 is 1.85 bits per heavy atom. The average molecular weight is 409 g/mol. The van der Waals surface area contributed by atoms with Crippen molar-refractivity contribution in [3.05, 3.63) is 73.8 Å². The zero-order chi connectivity index (χ0) is 20.0. The van der Waals surface area contributed by atoms with Gasteiger partial charge in [0.05, 0.1) is 20.7 Å². The third kappa shape index (κ3) is 5.80. The molecule has 1 N–H and O–H groups in total. The highest BCUT2D eigenvalue weighted by Gasteiger charge is 2.13. The van der Waals surface area contributed by atoms with Gasteiger partial charge in [-0.25, -0.2) is 4.79 Å². The molecule has 0 heterocycles. The Kier molecular flexibility index (Phi) is 6.92. The van der Waals surface area contributed by atoms with Crippen LogP contribution in [0.5, 0.6) is 0 Å². The van der Waals surface area contributed by atoms with Gasteiger partial charge in [-0.1, -0.05) is 29.3 Å². The number of nitrogens with one attached hydrogen (secondary N) is 1. The van der Waals surface area contributed by atoms with Crippen LogP contribution in [0.1, 0.15) is 11.1 Å². The van der Waals surface area contributed by atoms with Crippen LogP contribution >= 0.6 is 23.2 Å². The number of halogens is 2. The molecule has 140 valence electrons. The van der Waals surface area contributed by atoms with Gasteiger partial charge in [0, 0.05) is 18.2 Å². The van der Waals surface area contributed by atoms with Crippen molar-refractivity contribution in [2.24, 2.45) is 0 Å². The van der Waals surface area contributed by atoms with E-state index in [-0.39, 0.29) is 16.4 Å². The first-order valence-electron chi connectivity index (χ1n) is 7.61. The Morgan fingerprint density at radius 1 is 1.19 bits per heavy atom. The minimum absolute atomic E-state index is 0.0557. The number of esters is 1. The first-order chi connectivity index (χ1) is 12.8. The molecule has 0 aliphatic heterocycles. The number of rotatable bonds is 6. The standard InChI is InChI=1S/C18H14Cl2N2O5/c1-11-2-8-14(19)18(17(11)20)21-15(23)10-27-16(24)9-5-12-3-6-13(7-4-12)22(25)26/h2-9H,10H2,1H3,(H,21,23)/b9-5+. The molecule has 9 heteroatoms. The Morgan fingerprint density at radius 3 is 2.48 bits per heavy atom. The molecule has 7 nitrogen and oxygen atoms in total. The van der Waals surface area contributed by atoms with Crippen LogP contribution in [0.4, 0.5) is 11.4 Å². The van der Waals surface area contributed by atoms with Crippen LogP contribution < -0.4 is 5.32 Å². The largest absolute Gasteiger partial charge is 0.452 e. The van der Waals surface area contributed by atoms with Gasteiger partial charge in [-0.2, -0.15) is 0 Å². The van der Waals surface area contributed by atoms with E-state index >= 15 is 0 Å². The lowest BCUT2D eigenvalue weighted by molar-refractivity contribution is -0.384. The van der Waals surface area contributed by atoms with Crippen molar-refractivity contribution in [1.82, 2.24) is 0 Å². The van der Waals surface area contributed by atoms with Gasteiger partial charge in [0.25, 0.3) is 11.6 Å². The minimum atomic E-state index is -0.745. The number of amides is 1. The Labute approximate surface area is 164 Å². The van der Waals surface area contributed by atoms with E-state index in [4.69, 9.17) is 27.9 Å². The topological polar surface area (TPSA) is 98.5 Å². The lowest BCUT2D eigenvalue weighted by Crippen LogP contribution is -2.20. The van der Waals surface area contributed by atoms with E-state index in [9.17, 15) is 19.7 Å². The Bertz CT molecular complexity index is 911. The summed E-state index contributed by atoms with van der Waals surface area (Å²) in [5.41, 5.74) is 1.50. The number of carbonyl (C=O) groups is 2. The summed E-state index contributed by atoms with van der Waals surface area (Å²) in [6.07, 6.45) is 2.53. The SMILES string of the molecule is Cc1ccc(Cl)c(NC(=O)COC(=O)/C=C/c2ccc([N+](=O)[O-])cc2)c1Cl. The number of hydrogen-bond donors (Lipinski definition) is 1. The maximum atomic E-state index is 11.9. The van der Waals surface area contributed by atoms with Crippen molar-refractivity contribution < 1.29 is 19.2 Å². The third-order valence-corrected chi connectivity index (χ3v) is 4.21. The zero-order valence-corrected chi connectivity index (χ0v) is 15.6. The molecule has 0 aliphatic rings. The number of anilines is 1. The van der Waals surface area contributed by atoms with Gasteiger partial charge < -0.3 is 10.1 Å². The molecule has 0 atom stereocenters. The van der Waals surface area contributed by atoms with Crippen LogP contribution in [-0.2, 0) is 14.3 Å².